The lowest BCUT2D eigenvalue weighted by Gasteiger charge is -2.62. The highest BCUT2D eigenvalue weighted by Gasteiger charge is 2.75. The van der Waals surface area contributed by atoms with Crippen molar-refractivity contribution in [1.29, 1.82) is 0 Å². The number of hydrogen-bond donors (Lipinski definition) is 2. The number of esters is 1. The average molecular weight is 513 g/mol. The van der Waals surface area contributed by atoms with Crippen LogP contribution in [0.4, 0.5) is 4.39 Å². The molecule has 3 saturated carbocycles. The monoisotopic (exact) mass is 512 g/mol. The number of halogens is 1. The van der Waals surface area contributed by atoms with Crippen LogP contribution in [-0.4, -0.2) is 51.7 Å². The third-order valence-electron chi connectivity index (χ3n) is 10.2. The number of ether oxygens (including phenoxy) is 1. The quantitative estimate of drug-likeness (QED) is 0.475. The van der Waals surface area contributed by atoms with Crippen LogP contribution in [0, 0.1) is 28.6 Å². The second-order valence-electron chi connectivity index (χ2n) is 11.9. The van der Waals surface area contributed by atoms with Gasteiger partial charge in [0.05, 0.1) is 6.10 Å². The Kier molecular flexibility index (Phi) is 5.88. The lowest BCUT2D eigenvalue weighted by molar-refractivity contribution is -0.671. The largest absolute Gasteiger partial charge is 0.454 e. The van der Waals surface area contributed by atoms with E-state index in [1.165, 1.54) is 12.2 Å². The predicted octanol–water partition coefficient (Wildman–Crippen LogP) is 2.58. The third kappa shape index (κ3) is 3.37. The van der Waals surface area contributed by atoms with Gasteiger partial charge in [-0.1, -0.05) is 25.5 Å². The van der Waals surface area contributed by atoms with Gasteiger partial charge >= 0.3 is 5.97 Å². The molecule has 3 fully saturated rings. The fourth-order valence-corrected chi connectivity index (χ4v) is 8.17. The van der Waals surface area contributed by atoms with E-state index in [4.69, 9.17) is 4.74 Å². The number of nitrogens with zero attached hydrogens (tertiary/aromatic N) is 1. The Morgan fingerprint density at radius 2 is 2.00 bits per heavy atom. The lowest BCUT2D eigenvalue weighted by atomic mass is 9.44. The number of aliphatic hydroxyl groups excluding tert-OH is 1. The molecule has 4 aliphatic carbocycles. The van der Waals surface area contributed by atoms with Crippen molar-refractivity contribution in [3.05, 3.63) is 53.9 Å². The number of aliphatic hydroxyl groups is 2. The Hall–Kier alpha value is -2.71. The van der Waals surface area contributed by atoms with Gasteiger partial charge in [-0.2, -0.15) is 0 Å². The molecule has 1 aromatic heterocycles. The second kappa shape index (κ2) is 8.40. The number of aromatic nitrogens is 1. The van der Waals surface area contributed by atoms with Crippen LogP contribution in [-0.2, 0) is 21.4 Å². The molecule has 0 saturated heterocycles. The van der Waals surface area contributed by atoms with Crippen LogP contribution in [0.15, 0.2) is 48.3 Å². The van der Waals surface area contributed by atoms with Gasteiger partial charge in [0, 0.05) is 22.8 Å². The first-order chi connectivity index (χ1) is 17.3. The van der Waals surface area contributed by atoms with Gasteiger partial charge in [-0.3, -0.25) is 9.59 Å². The highest BCUT2D eigenvalue weighted by Crippen LogP contribution is 2.70. The van der Waals surface area contributed by atoms with Gasteiger partial charge in [-0.15, -0.1) is 0 Å². The van der Waals surface area contributed by atoms with E-state index in [0.717, 1.165) is 0 Å². The van der Waals surface area contributed by atoms with Gasteiger partial charge in [0.15, 0.2) is 30.5 Å². The minimum atomic E-state index is -2.04. The van der Waals surface area contributed by atoms with E-state index in [1.807, 2.05) is 0 Å². The maximum Gasteiger partial charge on any atom is 0.344 e. The number of ketones is 2. The van der Waals surface area contributed by atoms with Crippen LogP contribution >= 0.6 is 0 Å². The van der Waals surface area contributed by atoms with E-state index < -0.39 is 58.4 Å². The van der Waals surface area contributed by atoms with Crippen LogP contribution < -0.4 is 4.57 Å². The Bertz CT molecular complexity index is 1240. The van der Waals surface area contributed by atoms with Crippen molar-refractivity contribution >= 4 is 17.5 Å². The normalized spacial score (nSPS) is 42.4. The molecule has 2 N–H and O–H groups in total. The Labute approximate surface area is 216 Å². The minimum absolute atomic E-state index is 0.121. The van der Waals surface area contributed by atoms with Crippen molar-refractivity contribution in [2.24, 2.45) is 35.6 Å². The van der Waals surface area contributed by atoms with E-state index >= 15 is 4.39 Å². The molecule has 4 aliphatic rings. The molecule has 0 amide bonds. The van der Waals surface area contributed by atoms with Crippen LogP contribution in [0.1, 0.15) is 56.8 Å². The molecule has 0 aliphatic heterocycles. The van der Waals surface area contributed by atoms with Crippen molar-refractivity contribution in [1.82, 2.24) is 0 Å². The van der Waals surface area contributed by atoms with Gasteiger partial charge in [0.25, 0.3) is 0 Å². The summed E-state index contributed by atoms with van der Waals surface area (Å²) in [4.78, 5) is 38.1. The number of carbonyl (C=O) groups excluding carboxylic acids is 3. The molecule has 7 nitrogen and oxygen atoms in total. The van der Waals surface area contributed by atoms with E-state index in [2.05, 4.69) is 0 Å². The summed E-state index contributed by atoms with van der Waals surface area (Å²) in [5.74, 6) is -3.01. The van der Waals surface area contributed by atoms with Crippen molar-refractivity contribution in [3.8, 4) is 0 Å². The summed E-state index contributed by atoms with van der Waals surface area (Å²) in [5.41, 5.74) is -5.22. The SMILES string of the molecule is CC1C[C@H]2[C@@H]3CCC4=CC(=O)C=C[C@]4(C)[C@@]3(F)C(O)C[C@]2(C)[C@@]1(O)C(=O)COC(=O)c1ccc[n+](C)c1. The zero-order valence-corrected chi connectivity index (χ0v) is 21.7. The first-order valence-corrected chi connectivity index (χ1v) is 13.0. The molecule has 0 radical (unpaired) electrons. The third-order valence-corrected chi connectivity index (χ3v) is 10.2. The van der Waals surface area contributed by atoms with Crippen molar-refractivity contribution in [3.63, 3.8) is 0 Å². The smallest absolute Gasteiger partial charge is 0.344 e. The lowest BCUT2D eigenvalue weighted by Crippen LogP contribution is -2.69. The van der Waals surface area contributed by atoms with Crippen LogP contribution in [0.25, 0.3) is 0 Å². The van der Waals surface area contributed by atoms with Crippen LogP contribution in [0.2, 0.25) is 0 Å². The first-order valence-electron chi connectivity index (χ1n) is 13.0. The summed E-state index contributed by atoms with van der Waals surface area (Å²) >= 11 is 0. The standard InChI is InChI=1S/C29H35FNO6/c1-17-12-22-21-8-7-19-13-20(32)9-10-26(19,2)28(21,30)23(33)14-27(22,3)29(17,36)24(34)16-37-25(35)18-6-5-11-31(4)15-18/h5-6,9-11,13,15,17,21-23,33,36H,7-8,12,14,16H2,1-4H3/q+1/t17?,21-,22-,23?,26-,27-,28-,29-/m0/s1. The molecule has 8 atom stereocenters. The number of aryl methyl sites for hydroxylation is 1. The topological polar surface area (TPSA) is 105 Å². The van der Waals surface area contributed by atoms with Gasteiger partial charge in [-0.05, 0) is 62.7 Å². The number of allylic oxidation sites excluding steroid dienone is 4. The number of hydrogen-bond acceptors (Lipinski definition) is 6. The fraction of sp³-hybridized carbons (Fsp3) is 0.586. The Balaban J connectivity index is 1.43. The molecular formula is C29H35FNO6+. The molecule has 1 aromatic rings. The first kappa shape index (κ1) is 25.9. The van der Waals surface area contributed by atoms with Crippen molar-refractivity contribution in [2.75, 3.05) is 6.61 Å². The highest BCUT2D eigenvalue weighted by molar-refractivity contribution is 6.01. The molecule has 2 unspecified atom stereocenters. The number of rotatable bonds is 4. The zero-order chi connectivity index (χ0) is 27.0. The zero-order valence-electron chi connectivity index (χ0n) is 21.7. The molecule has 5 rings (SSSR count). The van der Waals surface area contributed by atoms with Gasteiger partial charge < -0.3 is 14.9 Å². The van der Waals surface area contributed by atoms with Crippen LogP contribution in [0.5, 0.6) is 0 Å². The summed E-state index contributed by atoms with van der Waals surface area (Å²) in [6.07, 6.45) is 7.52. The number of fused-ring (bicyclic) bond motifs is 5. The van der Waals surface area contributed by atoms with E-state index in [9.17, 15) is 24.6 Å². The molecule has 0 bridgehead atoms. The molecule has 8 heteroatoms. The average Bonchev–Trinajstić information content (AvgIpc) is 3.05. The van der Waals surface area contributed by atoms with Gasteiger partial charge in [0.1, 0.15) is 18.2 Å². The molecular weight excluding hydrogens is 477 g/mol. The summed E-state index contributed by atoms with van der Waals surface area (Å²) in [7, 11) is 1.76. The van der Waals surface area contributed by atoms with Gasteiger partial charge in [0.2, 0.25) is 5.78 Å². The predicted molar refractivity (Wildman–Crippen MR) is 131 cm³/mol. The molecule has 198 valence electrons. The molecule has 37 heavy (non-hydrogen) atoms. The van der Waals surface area contributed by atoms with E-state index in [1.54, 1.807) is 63.0 Å². The summed E-state index contributed by atoms with van der Waals surface area (Å²) < 4.78 is 24.2. The number of alkyl halides is 1. The maximum atomic E-state index is 17.2. The summed E-state index contributed by atoms with van der Waals surface area (Å²) in [6, 6.07) is 3.26. The Morgan fingerprint density at radius 1 is 1.27 bits per heavy atom. The molecule has 0 aromatic carbocycles. The van der Waals surface area contributed by atoms with Gasteiger partial charge in [-0.25, -0.2) is 13.8 Å². The van der Waals surface area contributed by atoms with E-state index in [-0.39, 0.29) is 23.7 Å². The molecule has 1 heterocycles. The number of Topliss-reactive ketones (excluding diaryl/α,β-unsaturated/α-hetero) is 1. The maximum absolute atomic E-state index is 17.2. The highest BCUT2D eigenvalue weighted by atomic mass is 19.1. The van der Waals surface area contributed by atoms with E-state index in [0.29, 0.717) is 24.8 Å². The van der Waals surface area contributed by atoms with Crippen molar-refractivity contribution in [2.45, 2.75) is 63.8 Å². The second-order valence-corrected chi connectivity index (χ2v) is 11.9. The number of carbonyl (C=O) groups is 3. The fourth-order valence-electron chi connectivity index (χ4n) is 8.17. The van der Waals surface area contributed by atoms with Crippen LogP contribution in [0.3, 0.4) is 0 Å². The molecule has 0 spiro atoms. The number of pyridine rings is 1. The minimum Gasteiger partial charge on any atom is -0.454 e. The van der Waals surface area contributed by atoms with Crippen molar-refractivity contribution < 1.29 is 38.3 Å². The summed E-state index contributed by atoms with van der Waals surface area (Å²) in [5, 5.41) is 23.4. The Morgan fingerprint density at radius 3 is 2.70 bits per heavy atom. The summed E-state index contributed by atoms with van der Waals surface area (Å²) in [6.45, 7) is 4.65.